The van der Waals surface area contributed by atoms with Crippen molar-refractivity contribution in [2.45, 2.75) is 39.3 Å². The number of fused-ring (bicyclic) bond motifs is 1. The zero-order valence-electron chi connectivity index (χ0n) is 25.3. The summed E-state index contributed by atoms with van der Waals surface area (Å²) >= 11 is 1.55. The van der Waals surface area contributed by atoms with Crippen LogP contribution in [0.1, 0.15) is 40.8 Å². The number of benzene rings is 4. The maximum Gasteiger partial charge on any atom is 0.196 e. The van der Waals surface area contributed by atoms with Gasteiger partial charge >= 0.3 is 0 Å². The first kappa shape index (κ1) is 30.5. The van der Waals surface area contributed by atoms with Crippen molar-refractivity contribution in [3.63, 3.8) is 0 Å². The maximum absolute atomic E-state index is 14.9. The van der Waals surface area contributed by atoms with E-state index < -0.39 is 0 Å². The van der Waals surface area contributed by atoms with Gasteiger partial charge in [-0.3, -0.25) is 4.79 Å². The summed E-state index contributed by atoms with van der Waals surface area (Å²) in [6.07, 6.45) is 1.84. The molecule has 0 amide bonds. The minimum absolute atomic E-state index is 0.0674. The van der Waals surface area contributed by atoms with Crippen LogP contribution in [0.15, 0.2) is 120 Å². The molecule has 0 aliphatic heterocycles. The minimum atomic E-state index is -0.281. The van der Waals surface area contributed by atoms with Gasteiger partial charge in [0.25, 0.3) is 0 Å². The molecule has 45 heavy (non-hydrogen) atoms. The first-order chi connectivity index (χ1) is 22.0. The number of ether oxygens (including phenoxy) is 2. The Morgan fingerprint density at radius 3 is 2.18 bits per heavy atom. The zero-order chi connectivity index (χ0) is 31.2. The van der Waals surface area contributed by atoms with Gasteiger partial charge in [-0.15, -0.1) is 11.3 Å². The molecule has 0 aliphatic rings. The summed E-state index contributed by atoms with van der Waals surface area (Å²) in [5, 5.41) is 4.29. The minimum Gasteiger partial charge on any atom is -0.497 e. The van der Waals surface area contributed by atoms with Crippen molar-refractivity contribution in [3.05, 3.63) is 159 Å². The lowest BCUT2D eigenvalue weighted by Crippen LogP contribution is -2.21. The number of methoxy groups -OCH3 is 1. The van der Waals surface area contributed by atoms with Crippen LogP contribution in [0, 0.1) is 5.82 Å². The van der Waals surface area contributed by atoms with E-state index in [0.717, 1.165) is 37.7 Å². The number of pyridine rings is 1. The lowest BCUT2D eigenvalue weighted by atomic mass is 9.99. The van der Waals surface area contributed by atoms with Crippen LogP contribution in [0.3, 0.4) is 0 Å². The van der Waals surface area contributed by atoms with Gasteiger partial charge in [-0.25, -0.2) is 4.39 Å². The second kappa shape index (κ2) is 14.0. The van der Waals surface area contributed by atoms with Gasteiger partial charge in [-0.2, -0.15) is 0 Å². The van der Waals surface area contributed by atoms with Gasteiger partial charge in [-0.1, -0.05) is 78.9 Å². The highest BCUT2D eigenvalue weighted by Crippen LogP contribution is 2.41. The van der Waals surface area contributed by atoms with Crippen molar-refractivity contribution in [2.24, 2.45) is 0 Å². The van der Waals surface area contributed by atoms with E-state index >= 15 is 0 Å². The third kappa shape index (κ3) is 6.91. The van der Waals surface area contributed by atoms with Gasteiger partial charge in [0.2, 0.25) is 0 Å². The molecule has 5 nitrogen and oxygen atoms in total. The van der Waals surface area contributed by atoms with Crippen LogP contribution in [-0.2, 0) is 31.0 Å². The Kier molecular flexibility index (Phi) is 9.50. The molecule has 6 rings (SSSR count). The summed E-state index contributed by atoms with van der Waals surface area (Å²) < 4.78 is 28.4. The fourth-order valence-corrected chi connectivity index (χ4v) is 6.92. The fraction of sp³-hybridized carbons (Fsp3) is 0.184. The quantitative estimate of drug-likeness (QED) is 0.149. The summed E-state index contributed by atoms with van der Waals surface area (Å²) in [5.41, 5.74) is 5.11. The van der Waals surface area contributed by atoms with Gasteiger partial charge in [-0.05, 0) is 53.9 Å². The van der Waals surface area contributed by atoms with Gasteiger partial charge in [0, 0.05) is 40.4 Å². The lowest BCUT2D eigenvalue weighted by Gasteiger charge is -2.17. The van der Waals surface area contributed by atoms with Gasteiger partial charge in [0.05, 0.1) is 32.3 Å². The predicted molar refractivity (Wildman–Crippen MR) is 180 cm³/mol. The highest BCUT2D eigenvalue weighted by molar-refractivity contribution is 7.22. The molecule has 0 saturated carbocycles. The number of hydrogen-bond acceptors (Lipinski definition) is 5. The topological polar surface area (TPSA) is 52.5 Å². The van der Waals surface area contributed by atoms with Crippen molar-refractivity contribution in [3.8, 4) is 16.2 Å². The molecule has 2 heterocycles. The van der Waals surface area contributed by atoms with Crippen LogP contribution < -0.4 is 15.5 Å². The van der Waals surface area contributed by atoms with Crippen LogP contribution >= 0.6 is 11.3 Å². The van der Waals surface area contributed by atoms with E-state index in [9.17, 15) is 9.18 Å². The fourth-order valence-electron chi connectivity index (χ4n) is 5.54. The van der Waals surface area contributed by atoms with E-state index in [1.165, 1.54) is 6.07 Å². The van der Waals surface area contributed by atoms with E-state index in [2.05, 4.69) is 24.4 Å². The average Bonchev–Trinajstić information content (AvgIpc) is 3.49. The molecule has 6 aromatic rings. The van der Waals surface area contributed by atoms with Crippen LogP contribution in [0.25, 0.3) is 20.7 Å². The van der Waals surface area contributed by atoms with E-state index in [-0.39, 0.29) is 30.4 Å². The third-order valence-corrected chi connectivity index (χ3v) is 9.22. The molecule has 1 atom stereocenters. The van der Waals surface area contributed by atoms with Gasteiger partial charge < -0.3 is 19.4 Å². The summed E-state index contributed by atoms with van der Waals surface area (Å²) in [5.74, 6) is 0.477. The van der Waals surface area contributed by atoms with E-state index in [0.29, 0.717) is 29.7 Å². The Balaban J connectivity index is 1.48. The van der Waals surface area contributed by atoms with Crippen molar-refractivity contribution >= 4 is 21.6 Å². The van der Waals surface area contributed by atoms with Crippen molar-refractivity contribution in [1.29, 1.82) is 0 Å². The summed E-state index contributed by atoms with van der Waals surface area (Å²) in [7, 11) is 1.65. The van der Waals surface area contributed by atoms with Gasteiger partial charge in [0.15, 0.2) is 5.43 Å². The lowest BCUT2D eigenvalue weighted by molar-refractivity contribution is 0.106. The first-order valence-electron chi connectivity index (χ1n) is 15.0. The average molecular weight is 619 g/mol. The highest BCUT2D eigenvalue weighted by atomic mass is 32.1. The summed E-state index contributed by atoms with van der Waals surface area (Å²) in [4.78, 5) is 16.2. The molecule has 4 aromatic carbocycles. The molecule has 0 radical (unpaired) electrons. The molecular weight excluding hydrogens is 583 g/mol. The highest BCUT2D eigenvalue weighted by Gasteiger charge is 2.25. The molecule has 0 fully saturated rings. The zero-order valence-corrected chi connectivity index (χ0v) is 26.2. The Morgan fingerprint density at radius 1 is 0.822 bits per heavy atom. The maximum atomic E-state index is 14.9. The molecule has 1 N–H and O–H groups in total. The molecule has 0 saturated heterocycles. The number of aromatic nitrogens is 1. The predicted octanol–water partition coefficient (Wildman–Crippen LogP) is 8.49. The molecule has 0 bridgehead atoms. The van der Waals surface area contributed by atoms with E-state index in [4.69, 9.17) is 9.47 Å². The normalized spacial score (nSPS) is 12.0. The number of halogens is 1. The van der Waals surface area contributed by atoms with Crippen LogP contribution in [0.2, 0.25) is 0 Å². The standard InChI is InChI=1S/C38H35FN2O3S/c1-26(40-21-27-11-5-3-6-12-27)34-35-36(42)31(25-44-24-28-13-7-4-8-14-28)23-41(22-30-15-9-10-16-33(30)39)38(35)45-37(34)29-17-19-32(43-2)20-18-29/h3-20,23,26,40H,21-22,24-25H2,1-2H3. The Labute approximate surface area is 266 Å². The number of hydrogen-bond donors (Lipinski definition) is 1. The second-order valence-corrected chi connectivity index (χ2v) is 12.0. The second-order valence-electron chi connectivity index (χ2n) is 11.0. The van der Waals surface area contributed by atoms with Crippen molar-refractivity contribution in [1.82, 2.24) is 9.88 Å². The monoisotopic (exact) mass is 618 g/mol. The van der Waals surface area contributed by atoms with E-state index in [1.54, 1.807) is 30.6 Å². The molecule has 7 heteroatoms. The third-order valence-electron chi connectivity index (χ3n) is 7.93. The molecule has 1 unspecified atom stereocenters. The van der Waals surface area contributed by atoms with Crippen molar-refractivity contribution < 1.29 is 13.9 Å². The molecular formula is C38H35FN2O3S. The summed E-state index contributed by atoms with van der Waals surface area (Å²) in [6.45, 7) is 3.54. The summed E-state index contributed by atoms with van der Waals surface area (Å²) in [6, 6.07) is 34.6. The molecule has 0 spiro atoms. The molecule has 0 aliphatic carbocycles. The molecule has 228 valence electrons. The Hall–Kier alpha value is -4.56. The Bertz CT molecular complexity index is 1940. The van der Waals surface area contributed by atoms with E-state index in [1.807, 2.05) is 89.6 Å². The number of nitrogens with zero attached hydrogens (tertiary/aromatic N) is 1. The SMILES string of the molecule is COc1ccc(-c2sc3c(c2C(C)NCc2ccccc2)c(=O)c(COCc2ccccc2)cn3Cc2ccccc2F)cc1. The Morgan fingerprint density at radius 2 is 1.49 bits per heavy atom. The van der Waals surface area contributed by atoms with Crippen LogP contribution in [-0.4, -0.2) is 11.7 Å². The number of nitrogens with one attached hydrogen (secondary N) is 1. The van der Waals surface area contributed by atoms with Crippen molar-refractivity contribution in [2.75, 3.05) is 7.11 Å². The largest absolute Gasteiger partial charge is 0.497 e. The smallest absolute Gasteiger partial charge is 0.196 e. The number of rotatable bonds is 12. The number of thiophene rings is 1. The van der Waals surface area contributed by atoms with Crippen LogP contribution in [0.5, 0.6) is 5.75 Å². The van der Waals surface area contributed by atoms with Gasteiger partial charge in [0.1, 0.15) is 16.4 Å². The van der Waals surface area contributed by atoms with Crippen LogP contribution in [0.4, 0.5) is 4.39 Å². The first-order valence-corrected chi connectivity index (χ1v) is 15.8. The molecule has 2 aromatic heterocycles.